The monoisotopic (exact) mass is 390 g/mol. The quantitative estimate of drug-likeness (QED) is 0.491. The van der Waals surface area contributed by atoms with Crippen LogP contribution in [0.5, 0.6) is 0 Å². The summed E-state index contributed by atoms with van der Waals surface area (Å²) in [6.07, 6.45) is 22.4. The zero-order chi connectivity index (χ0) is 16.9. The molecule has 3 rings (SSSR count). The van der Waals surface area contributed by atoms with Gasteiger partial charge in [-0.3, -0.25) is 4.79 Å². The number of thioether (sulfide) groups is 1. The molecule has 2 aliphatic rings. The van der Waals surface area contributed by atoms with Crippen molar-refractivity contribution < 1.29 is 21.9 Å². The molecule has 0 unspecified atom stereocenters. The fourth-order valence-corrected chi connectivity index (χ4v) is 2.82. The molecule has 25 heavy (non-hydrogen) atoms. The van der Waals surface area contributed by atoms with E-state index in [1.807, 2.05) is 76.0 Å². The van der Waals surface area contributed by atoms with Gasteiger partial charge in [-0.1, -0.05) is 42.5 Å². The first-order valence-electron chi connectivity index (χ1n) is 8.07. The third-order valence-electron chi connectivity index (χ3n) is 3.34. The Morgan fingerprint density at radius 2 is 1.48 bits per heavy atom. The van der Waals surface area contributed by atoms with E-state index in [-0.39, 0.29) is 22.9 Å². The minimum absolute atomic E-state index is 0. The summed E-state index contributed by atoms with van der Waals surface area (Å²) >= 11 is 1.79. The van der Waals surface area contributed by atoms with E-state index in [4.69, 9.17) is 0 Å². The summed E-state index contributed by atoms with van der Waals surface area (Å²) in [5.41, 5.74) is 1.22. The van der Waals surface area contributed by atoms with Gasteiger partial charge in [0.2, 0.25) is 0 Å². The Bertz CT molecular complexity index is 468. The Kier molecular flexibility index (Phi) is 13.2. The number of hydrogen-bond acceptors (Lipinski definition) is 2. The first-order chi connectivity index (χ1) is 11.9. The van der Waals surface area contributed by atoms with Crippen molar-refractivity contribution in [3.8, 4) is 0 Å². The molecule has 0 N–H and O–H groups in total. The van der Waals surface area contributed by atoms with Gasteiger partial charge in [-0.15, -0.1) is 0 Å². The number of carbonyl (C=O) groups is 1. The van der Waals surface area contributed by atoms with Crippen molar-refractivity contribution in [2.75, 3.05) is 11.5 Å². The maximum atomic E-state index is 11.7. The first-order valence-corrected chi connectivity index (χ1v) is 9.22. The van der Waals surface area contributed by atoms with Crippen LogP contribution in [0.4, 0.5) is 0 Å². The van der Waals surface area contributed by atoms with E-state index >= 15 is 0 Å². The van der Waals surface area contributed by atoms with Crippen LogP contribution in [0.3, 0.4) is 0 Å². The Morgan fingerprint density at radius 3 is 2.08 bits per heavy atom. The zero-order valence-corrected chi connectivity index (χ0v) is 15.9. The van der Waals surface area contributed by atoms with E-state index in [0.717, 1.165) is 17.4 Å². The van der Waals surface area contributed by atoms with Gasteiger partial charge in [0.25, 0.3) is 0 Å². The van der Waals surface area contributed by atoms with Crippen molar-refractivity contribution >= 4 is 23.6 Å². The van der Waals surface area contributed by atoms with Gasteiger partial charge in [0.05, 0.1) is 0 Å². The summed E-state index contributed by atoms with van der Waals surface area (Å²) in [5.74, 6) is 2.90. The molecule has 2 fully saturated rings. The van der Waals surface area contributed by atoms with E-state index in [9.17, 15) is 4.79 Å². The number of benzene rings is 1. The summed E-state index contributed by atoms with van der Waals surface area (Å²) in [6, 6.07) is 10.2. The van der Waals surface area contributed by atoms with E-state index in [0.29, 0.717) is 6.42 Å². The molecule has 1 aromatic rings. The minimum Gasteiger partial charge on any atom is -0.299 e. The summed E-state index contributed by atoms with van der Waals surface area (Å²) < 4.78 is 0. The Morgan fingerprint density at radius 1 is 0.880 bits per heavy atom. The van der Waals surface area contributed by atoms with Crippen LogP contribution in [0.25, 0.3) is 6.08 Å². The normalized spacial score (nSPS) is 17.1. The molecule has 0 amide bonds. The number of ketones is 1. The van der Waals surface area contributed by atoms with Crippen LogP contribution in [0.1, 0.15) is 12.0 Å². The first kappa shape index (κ1) is 22.5. The van der Waals surface area contributed by atoms with Crippen LogP contribution in [-0.4, -0.2) is 17.3 Å². The molecule has 0 aromatic heterocycles. The smallest absolute Gasteiger partial charge is 0.299 e. The molecule has 0 atom stereocenters. The summed E-state index contributed by atoms with van der Waals surface area (Å²) in [4.78, 5) is 11.7. The number of Topliss-reactive ketones (excluding diaryl/α,β-unsaturated/α-hetero) is 1. The van der Waals surface area contributed by atoms with Crippen LogP contribution < -0.4 is 0 Å². The summed E-state index contributed by atoms with van der Waals surface area (Å²) in [6.45, 7) is 0. The van der Waals surface area contributed by atoms with Crippen LogP contribution >= 0.6 is 11.8 Å². The second kappa shape index (κ2) is 14.6. The van der Waals surface area contributed by atoms with Crippen LogP contribution in [0.2, 0.25) is 0 Å². The van der Waals surface area contributed by atoms with Crippen LogP contribution in [-0.2, 0) is 21.9 Å². The molecule has 2 saturated carbocycles. The second-order valence-corrected chi connectivity index (χ2v) is 6.35. The van der Waals surface area contributed by atoms with E-state index in [1.165, 1.54) is 5.56 Å². The van der Waals surface area contributed by atoms with E-state index in [1.54, 1.807) is 11.8 Å². The maximum absolute atomic E-state index is 11.7. The summed E-state index contributed by atoms with van der Waals surface area (Å²) in [5, 5.41) is 0. The van der Waals surface area contributed by atoms with Crippen molar-refractivity contribution in [2.45, 2.75) is 6.42 Å². The van der Waals surface area contributed by atoms with Gasteiger partial charge in [-0.05, 0) is 63.4 Å². The van der Waals surface area contributed by atoms with Crippen molar-refractivity contribution in [1.29, 1.82) is 0 Å². The zero-order valence-electron chi connectivity index (χ0n) is 14.0. The number of rotatable bonds is 7. The molecule has 1 aromatic carbocycles. The topological polar surface area (TPSA) is 17.1 Å². The Hall–Kier alpha value is -0.501. The molecule has 0 saturated heterocycles. The van der Waals surface area contributed by atoms with Gasteiger partial charge in [-0.25, -0.2) is 0 Å². The van der Waals surface area contributed by atoms with Gasteiger partial charge in [0, 0.05) is 23.8 Å². The average molecular weight is 390 g/mol. The van der Waals surface area contributed by atoms with Crippen molar-refractivity contribution in [3.05, 3.63) is 106 Å². The molecular formula is C22H22FeOS+2. The largest absolute Gasteiger partial charge is 2.00 e. The SMILES string of the molecule is O=C(CCSC/C=C/c1ccccc1)[C]1[CH][CH][CH][CH]1.[CH]1[CH][CH][CH][CH]1.[Fe+2]. The van der Waals surface area contributed by atoms with E-state index < -0.39 is 0 Å². The Balaban J connectivity index is 0.000000448. The number of carbonyl (C=O) groups excluding carboxylic acids is 1. The predicted molar refractivity (Wildman–Crippen MR) is 104 cm³/mol. The third kappa shape index (κ3) is 10.3. The Labute approximate surface area is 168 Å². The molecule has 3 heteroatoms. The molecule has 2 aliphatic carbocycles. The molecule has 10 radical (unpaired) electrons. The van der Waals surface area contributed by atoms with Gasteiger partial charge >= 0.3 is 17.1 Å². The van der Waals surface area contributed by atoms with Crippen LogP contribution in [0.15, 0.2) is 36.4 Å². The molecule has 0 spiro atoms. The van der Waals surface area contributed by atoms with Gasteiger partial charge in [0.1, 0.15) is 5.78 Å². The molecular weight excluding hydrogens is 368 g/mol. The molecule has 128 valence electrons. The molecule has 0 aliphatic heterocycles. The van der Waals surface area contributed by atoms with Gasteiger partial charge < -0.3 is 0 Å². The summed E-state index contributed by atoms with van der Waals surface area (Å²) in [7, 11) is 0. The minimum atomic E-state index is 0. The van der Waals surface area contributed by atoms with Gasteiger partial charge in [-0.2, -0.15) is 11.8 Å². The molecule has 0 heterocycles. The maximum Gasteiger partial charge on any atom is 2.00 e. The van der Waals surface area contributed by atoms with Crippen molar-refractivity contribution in [3.63, 3.8) is 0 Å². The van der Waals surface area contributed by atoms with Gasteiger partial charge in [0.15, 0.2) is 0 Å². The predicted octanol–water partition coefficient (Wildman–Crippen LogP) is 4.82. The van der Waals surface area contributed by atoms with E-state index in [2.05, 4.69) is 24.3 Å². The van der Waals surface area contributed by atoms with Crippen LogP contribution in [0, 0.1) is 63.7 Å². The standard InChI is InChI=1S/C17H17OS.C5H5.Fe/c18-17(16-10-4-5-11-16)12-14-19-13-6-9-15-7-2-1-3-8-15;1-2-4-5-3-1;/h1-11H,12-14H2;1-5H;/q;;+2/b9-6+;;. The third-order valence-corrected chi connectivity index (χ3v) is 4.26. The fraction of sp³-hybridized carbons (Fsp3) is 0.136. The molecule has 0 bridgehead atoms. The second-order valence-electron chi connectivity index (χ2n) is 5.20. The molecule has 1 nitrogen and oxygen atoms in total. The number of hydrogen-bond donors (Lipinski definition) is 0. The fourth-order valence-electron chi connectivity index (χ4n) is 2.09. The van der Waals surface area contributed by atoms with Crippen molar-refractivity contribution in [1.82, 2.24) is 0 Å². The van der Waals surface area contributed by atoms with Crippen molar-refractivity contribution in [2.24, 2.45) is 0 Å². The average Bonchev–Trinajstić information content (AvgIpc) is 3.35.